The third kappa shape index (κ3) is 2.82. The van der Waals surface area contributed by atoms with Crippen molar-refractivity contribution in [2.75, 3.05) is 0 Å². The van der Waals surface area contributed by atoms with Crippen LogP contribution in [0.1, 0.15) is 59.3 Å². The van der Waals surface area contributed by atoms with Gasteiger partial charge in [0.05, 0.1) is 5.69 Å². The SMILES string of the molecule is CC(C)N1C(=O)[C@H](C)n2cccc2[C@@H]1C(=O)NC(C)(C)C. The van der Waals surface area contributed by atoms with Crippen LogP contribution in [0.15, 0.2) is 18.3 Å². The summed E-state index contributed by atoms with van der Waals surface area (Å²) in [5.41, 5.74) is 0.543. The Morgan fingerprint density at radius 2 is 1.95 bits per heavy atom. The molecule has 1 aromatic heterocycles. The highest BCUT2D eigenvalue weighted by Gasteiger charge is 2.42. The molecule has 0 unspecified atom stereocenters. The zero-order chi connectivity index (χ0) is 15.9. The molecule has 2 amide bonds. The maximum atomic E-state index is 12.7. The third-order valence-corrected chi connectivity index (χ3v) is 3.70. The van der Waals surface area contributed by atoms with Gasteiger partial charge in [0.15, 0.2) is 6.04 Å². The molecule has 1 aromatic rings. The Bertz CT molecular complexity index is 554. The fourth-order valence-electron chi connectivity index (χ4n) is 2.85. The molecule has 0 saturated carbocycles. The monoisotopic (exact) mass is 291 g/mol. The van der Waals surface area contributed by atoms with E-state index in [1.54, 1.807) is 4.90 Å². The summed E-state index contributed by atoms with van der Waals surface area (Å²) in [5, 5.41) is 2.99. The van der Waals surface area contributed by atoms with Crippen LogP contribution in [0.4, 0.5) is 0 Å². The second-order valence-electron chi connectivity index (χ2n) is 7.00. The van der Waals surface area contributed by atoms with Gasteiger partial charge < -0.3 is 14.8 Å². The summed E-state index contributed by atoms with van der Waals surface area (Å²) in [6, 6.07) is 2.95. The molecule has 2 atom stereocenters. The molecule has 5 heteroatoms. The number of amides is 2. The maximum Gasteiger partial charge on any atom is 0.249 e. The molecule has 2 rings (SSSR count). The number of carbonyl (C=O) groups excluding carboxylic acids is 2. The van der Waals surface area contributed by atoms with Gasteiger partial charge in [-0.3, -0.25) is 9.59 Å². The van der Waals surface area contributed by atoms with Gasteiger partial charge in [-0.25, -0.2) is 0 Å². The van der Waals surface area contributed by atoms with Crippen LogP contribution in [0.2, 0.25) is 0 Å². The zero-order valence-electron chi connectivity index (χ0n) is 13.7. The quantitative estimate of drug-likeness (QED) is 0.908. The van der Waals surface area contributed by atoms with Crippen molar-refractivity contribution in [1.82, 2.24) is 14.8 Å². The van der Waals surface area contributed by atoms with Crippen LogP contribution in [0.25, 0.3) is 0 Å². The number of hydrogen-bond donors (Lipinski definition) is 1. The van der Waals surface area contributed by atoms with Crippen molar-refractivity contribution < 1.29 is 9.59 Å². The molecule has 5 nitrogen and oxygen atoms in total. The molecule has 0 radical (unpaired) electrons. The van der Waals surface area contributed by atoms with E-state index in [-0.39, 0.29) is 29.4 Å². The van der Waals surface area contributed by atoms with Crippen LogP contribution < -0.4 is 5.32 Å². The van der Waals surface area contributed by atoms with E-state index in [2.05, 4.69) is 5.32 Å². The van der Waals surface area contributed by atoms with Gasteiger partial charge in [-0.2, -0.15) is 0 Å². The lowest BCUT2D eigenvalue weighted by Crippen LogP contribution is -2.55. The molecular weight excluding hydrogens is 266 g/mol. The first kappa shape index (κ1) is 15.6. The molecular formula is C16H25N3O2. The van der Waals surface area contributed by atoms with E-state index < -0.39 is 6.04 Å². The van der Waals surface area contributed by atoms with E-state index in [4.69, 9.17) is 0 Å². The second kappa shape index (κ2) is 5.20. The van der Waals surface area contributed by atoms with Crippen LogP contribution in [0.3, 0.4) is 0 Å². The molecule has 1 aliphatic heterocycles. The zero-order valence-corrected chi connectivity index (χ0v) is 13.7. The molecule has 1 N–H and O–H groups in total. The van der Waals surface area contributed by atoms with Gasteiger partial charge >= 0.3 is 0 Å². The van der Waals surface area contributed by atoms with E-state index in [0.29, 0.717) is 0 Å². The van der Waals surface area contributed by atoms with Crippen molar-refractivity contribution in [3.8, 4) is 0 Å². The maximum absolute atomic E-state index is 12.7. The van der Waals surface area contributed by atoms with E-state index in [9.17, 15) is 9.59 Å². The number of hydrogen-bond acceptors (Lipinski definition) is 2. The van der Waals surface area contributed by atoms with Gasteiger partial charge in [-0.15, -0.1) is 0 Å². The molecule has 0 aromatic carbocycles. The Balaban J connectivity index is 2.47. The minimum atomic E-state index is -0.567. The van der Waals surface area contributed by atoms with E-state index in [1.807, 2.05) is 64.4 Å². The summed E-state index contributed by atoms with van der Waals surface area (Å²) in [5.74, 6) is -0.140. The molecule has 21 heavy (non-hydrogen) atoms. The Hall–Kier alpha value is -1.78. The van der Waals surface area contributed by atoms with Crippen molar-refractivity contribution in [2.24, 2.45) is 0 Å². The molecule has 116 valence electrons. The third-order valence-electron chi connectivity index (χ3n) is 3.70. The van der Waals surface area contributed by atoms with Crippen molar-refractivity contribution >= 4 is 11.8 Å². The first-order valence-electron chi connectivity index (χ1n) is 7.44. The molecule has 1 aliphatic rings. The first-order valence-corrected chi connectivity index (χ1v) is 7.44. The average Bonchev–Trinajstić information content (AvgIpc) is 2.79. The molecule has 0 aliphatic carbocycles. The summed E-state index contributed by atoms with van der Waals surface area (Å²) < 4.78 is 1.90. The second-order valence-corrected chi connectivity index (χ2v) is 7.00. The lowest BCUT2D eigenvalue weighted by molar-refractivity contribution is -0.148. The summed E-state index contributed by atoms with van der Waals surface area (Å²) >= 11 is 0. The van der Waals surface area contributed by atoms with Crippen molar-refractivity contribution in [2.45, 2.75) is 65.2 Å². The summed E-state index contributed by atoms with van der Waals surface area (Å²) in [7, 11) is 0. The van der Waals surface area contributed by atoms with Crippen LogP contribution in [0.5, 0.6) is 0 Å². The smallest absolute Gasteiger partial charge is 0.249 e. The Kier molecular flexibility index (Phi) is 3.87. The average molecular weight is 291 g/mol. The molecule has 0 bridgehead atoms. The number of carbonyl (C=O) groups is 2. The number of aromatic nitrogens is 1. The van der Waals surface area contributed by atoms with Crippen molar-refractivity contribution in [3.63, 3.8) is 0 Å². The Morgan fingerprint density at radius 3 is 2.48 bits per heavy atom. The fraction of sp³-hybridized carbons (Fsp3) is 0.625. The van der Waals surface area contributed by atoms with E-state index in [1.165, 1.54) is 0 Å². The standard InChI is InChI=1S/C16H25N3O2/c1-10(2)19-13(14(20)17-16(4,5)6)12-8-7-9-18(12)11(3)15(19)21/h7-11,13H,1-6H3,(H,17,20)/t11-,13+/m0/s1. The fourth-order valence-corrected chi connectivity index (χ4v) is 2.85. The van der Waals surface area contributed by atoms with Gasteiger partial charge in [0, 0.05) is 17.8 Å². The van der Waals surface area contributed by atoms with Crippen LogP contribution in [-0.2, 0) is 9.59 Å². The first-order chi connectivity index (χ1) is 9.63. The number of fused-ring (bicyclic) bond motifs is 1. The summed E-state index contributed by atoms with van der Waals surface area (Å²) in [4.78, 5) is 27.1. The van der Waals surface area contributed by atoms with Crippen molar-refractivity contribution in [3.05, 3.63) is 24.0 Å². The highest BCUT2D eigenvalue weighted by atomic mass is 16.2. The summed E-state index contributed by atoms with van der Waals surface area (Å²) in [6.45, 7) is 11.6. The normalized spacial score (nSPS) is 22.4. The highest BCUT2D eigenvalue weighted by Crippen LogP contribution is 2.34. The number of nitrogens with one attached hydrogen (secondary N) is 1. The van der Waals surface area contributed by atoms with Gasteiger partial charge in [-0.05, 0) is 53.7 Å². The molecule has 0 fully saturated rings. The number of nitrogens with zero attached hydrogens (tertiary/aromatic N) is 2. The van der Waals surface area contributed by atoms with E-state index in [0.717, 1.165) is 5.69 Å². The molecule has 2 heterocycles. The predicted octanol–water partition coefficient (Wildman–Crippen LogP) is 2.26. The molecule has 0 spiro atoms. The lowest BCUT2D eigenvalue weighted by Gasteiger charge is -2.42. The predicted molar refractivity (Wildman–Crippen MR) is 81.8 cm³/mol. The van der Waals surface area contributed by atoms with Gasteiger partial charge in [-0.1, -0.05) is 0 Å². The van der Waals surface area contributed by atoms with Crippen LogP contribution in [-0.4, -0.2) is 32.9 Å². The van der Waals surface area contributed by atoms with Gasteiger partial charge in [0.25, 0.3) is 0 Å². The highest BCUT2D eigenvalue weighted by molar-refractivity contribution is 5.92. The van der Waals surface area contributed by atoms with Crippen LogP contribution >= 0.6 is 0 Å². The lowest BCUT2D eigenvalue weighted by atomic mass is 10.0. The largest absolute Gasteiger partial charge is 0.349 e. The minimum Gasteiger partial charge on any atom is -0.349 e. The van der Waals surface area contributed by atoms with Crippen molar-refractivity contribution in [1.29, 1.82) is 0 Å². The minimum absolute atomic E-state index is 0.0113. The number of rotatable bonds is 2. The summed E-state index contributed by atoms with van der Waals surface area (Å²) in [6.07, 6.45) is 1.87. The van der Waals surface area contributed by atoms with Crippen LogP contribution in [0, 0.1) is 0 Å². The molecule has 0 saturated heterocycles. The van der Waals surface area contributed by atoms with E-state index >= 15 is 0 Å². The van der Waals surface area contributed by atoms with Gasteiger partial charge in [0.2, 0.25) is 11.8 Å². The Morgan fingerprint density at radius 1 is 1.33 bits per heavy atom. The van der Waals surface area contributed by atoms with Gasteiger partial charge in [0.1, 0.15) is 6.04 Å². The topological polar surface area (TPSA) is 54.3 Å². The Labute approximate surface area is 126 Å².